The highest BCUT2D eigenvalue weighted by Gasteiger charge is 2.40. The summed E-state index contributed by atoms with van der Waals surface area (Å²) in [5.41, 5.74) is 4.20. The molecule has 40 heavy (non-hydrogen) atoms. The minimum Gasteiger partial charge on any atom is -0.489 e. The molecule has 4 aromatic rings. The Morgan fingerprint density at radius 2 is 1.77 bits per heavy atom. The zero-order chi connectivity index (χ0) is 27.1. The van der Waals surface area contributed by atoms with E-state index in [0.29, 0.717) is 19.8 Å². The van der Waals surface area contributed by atoms with Crippen LogP contribution in [-0.4, -0.2) is 35.3 Å². The average molecular weight is 550 g/mol. The van der Waals surface area contributed by atoms with Crippen molar-refractivity contribution in [2.45, 2.75) is 23.3 Å². The fourth-order valence-corrected chi connectivity index (χ4v) is 6.69. The van der Waals surface area contributed by atoms with Crippen LogP contribution in [-0.2, 0) is 12.4 Å². The maximum atomic E-state index is 14.0. The Hall–Kier alpha value is -4.43. The van der Waals surface area contributed by atoms with Crippen molar-refractivity contribution in [3.8, 4) is 11.5 Å². The van der Waals surface area contributed by atoms with Crippen molar-refractivity contribution in [2.24, 2.45) is 0 Å². The molecule has 4 heterocycles. The number of rotatable bonds is 3. The van der Waals surface area contributed by atoms with Gasteiger partial charge in [-0.1, -0.05) is 66.7 Å². The molecular formula is C32H27N3O4S. The molecule has 0 fully saturated rings. The summed E-state index contributed by atoms with van der Waals surface area (Å²) < 4.78 is 14.3. The Labute approximate surface area is 236 Å². The van der Waals surface area contributed by atoms with Gasteiger partial charge in [0.05, 0.1) is 0 Å². The normalized spacial score (nSPS) is 18.3. The monoisotopic (exact) mass is 549 g/mol. The van der Waals surface area contributed by atoms with Crippen molar-refractivity contribution in [2.75, 3.05) is 24.8 Å². The first-order valence-corrected chi connectivity index (χ1v) is 14.3. The number of aromatic nitrogens is 1. The summed E-state index contributed by atoms with van der Waals surface area (Å²) in [6, 6.07) is 25.5. The van der Waals surface area contributed by atoms with Gasteiger partial charge < -0.3 is 14.4 Å². The van der Waals surface area contributed by atoms with Crippen molar-refractivity contribution >= 4 is 17.7 Å². The lowest BCUT2D eigenvalue weighted by Gasteiger charge is -2.44. The fourth-order valence-electron chi connectivity index (χ4n) is 5.61. The third kappa shape index (κ3) is 4.25. The number of pyridine rings is 1. The number of nitrogens with zero attached hydrogens (tertiary/aromatic N) is 3. The number of thioether (sulfide) groups is 1. The number of amides is 1. The predicted octanol–water partition coefficient (Wildman–Crippen LogP) is 5.12. The summed E-state index contributed by atoms with van der Waals surface area (Å²) in [6.45, 7) is 1.29. The van der Waals surface area contributed by atoms with Crippen LogP contribution in [0.5, 0.6) is 11.5 Å². The van der Waals surface area contributed by atoms with Crippen LogP contribution >= 0.6 is 11.8 Å². The molecule has 1 atom stereocenters. The van der Waals surface area contributed by atoms with E-state index >= 15 is 0 Å². The van der Waals surface area contributed by atoms with E-state index in [1.165, 1.54) is 16.5 Å². The number of hydrogen-bond acceptors (Lipinski definition) is 6. The van der Waals surface area contributed by atoms with E-state index in [4.69, 9.17) is 9.47 Å². The Morgan fingerprint density at radius 1 is 0.925 bits per heavy atom. The largest absolute Gasteiger partial charge is 0.489 e. The molecule has 3 aliphatic heterocycles. The number of ether oxygens (including phenoxy) is 2. The van der Waals surface area contributed by atoms with Crippen molar-refractivity contribution in [1.82, 2.24) is 9.58 Å². The fraction of sp³-hybridized carbons (Fsp3) is 0.188. The van der Waals surface area contributed by atoms with E-state index in [9.17, 15) is 9.59 Å². The molecule has 0 radical (unpaired) electrons. The highest BCUT2D eigenvalue weighted by atomic mass is 32.2. The van der Waals surface area contributed by atoms with Crippen molar-refractivity contribution in [3.63, 3.8) is 0 Å². The highest BCUT2D eigenvalue weighted by Crippen LogP contribution is 2.46. The third-order valence-corrected chi connectivity index (χ3v) is 8.63. The minimum atomic E-state index is -0.321. The molecule has 200 valence electrons. The third-order valence-electron chi connectivity index (χ3n) is 7.50. The molecule has 3 aromatic carbocycles. The molecule has 0 N–H and O–H groups in total. The van der Waals surface area contributed by atoms with Crippen molar-refractivity contribution in [1.29, 1.82) is 0 Å². The number of carbonyl (C=O) groups excluding carboxylic acids is 1. The van der Waals surface area contributed by atoms with Crippen LogP contribution < -0.4 is 19.9 Å². The average Bonchev–Trinajstić information content (AvgIpc) is 3.17. The first-order valence-electron chi connectivity index (χ1n) is 13.3. The predicted molar refractivity (Wildman–Crippen MR) is 155 cm³/mol. The van der Waals surface area contributed by atoms with E-state index in [2.05, 4.69) is 29.3 Å². The van der Waals surface area contributed by atoms with Gasteiger partial charge >= 0.3 is 0 Å². The zero-order valence-corrected chi connectivity index (χ0v) is 22.5. The maximum Gasteiger partial charge on any atom is 0.278 e. The first kappa shape index (κ1) is 24.6. The van der Waals surface area contributed by atoms with Crippen LogP contribution in [0.1, 0.15) is 38.8 Å². The number of benzene rings is 3. The van der Waals surface area contributed by atoms with Crippen LogP contribution in [0.4, 0.5) is 0 Å². The van der Waals surface area contributed by atoms with E-state index < -0.39 is 0 Å². The summed E-state index contributed by atoms with van der Waals surface area (Å²) in [7, 11) is 0. The van der Waals surface area contributed by atoms with Gasteiger partial charge in [0.25, 0.3) is 5.91 Å². The number of carbonyl (C=O) groups is 1. The topological polar surface area (TPSA) is 64.0 Å². The van der Waals surface area contributed by atoms with Crippen molar-refractivity contribution < 1.29 is 14.3 Å². The molecule has 8 heteroatoms. The van der Waals surface area contributed by atoms with Crippen LogP contribution in [0.2, 0.25) is 0 Å². The van der Waals surface area contributed by atoms with E-state index in [1.807, 2.05) is 65.4 Å². The van der Waals surface area contributed by atoms with Gasteiger partial charge in [-0.2, -0.15) is 0 Å². The summed E-state index contributed by atoms with van der Waals surface area (Å²) in [5, 5.41) is 2.15. The first-order chi connectivity index (χ1) is 19.7. The lowest BCUT2D eigenvalue weighted by atomic mass is 9.93. The Bertz CT molecular complexity index is 1680. The van der Waals surface area contributed by atoms with Gasteiger partial charge in [-0.3, -0.25) is 19.3 Å². The molecule has 0 saturated heterocycles. The molecule has 3 aliphatic rings. The van der Waals surface area contributed by atoms with Crippen LogP contribution in [0.25, 0.3) is 0 Å². The van der Waals surface area contributed by atoms with Crippen molar-refractivity contribution in [3.05, 3.63) is 135 Å². The van der Waals surface area contributed by atoms with E-state index in [-0.39, 0.29) is 35.4 Å². The van der Waals surface area contributed by atoms with Crippen LogP contribution in [0.15, 0.2) is 107 Å². The molecule has 0 spiro atoms. The molecule has 7 rings (SSSR count). The van der Waals surface area contributed by atoms with E-state index in [1.54, 1.807) is 22.9 Å². The summed E-state index contributed by atoms with van der Waals surface area (Å²) in [6.07, 6.45) is 5.58. The Kier molecular flexibility index (Phi) is 6.32. The second-order valence-corrected chi connectivity index (χ2v) is 10.9. The van der Waals surface area contributed by atoms with Gasteiger partial charge in [0, 0.05) is 35.0 Å². The highest BCUT2D eigenvalue weighted by molar-refractivity contribution is 7.98. The minimum absolute atomic E-state index is 0.0611. The molecule has 1 amide bonds. The summed E-state index contributed by atoms with van der Waals surface area (Å²) in [4.78, 5) is 30.1. The zero-order valence-electron chi connectivity index (χ0n) is 21.7. The standard InChI is InChI=1S/C32H27N3O4S/c36-25-15-17-34-30(31(25)39-19-22-9-2-1-3-10-22)32(37)33-16-6-7-18-38-26-13-8-11-23-20-40-27-14-5-4-12-24(27)29(28(23)26)35(34)21-33/h1-15,17,29H,16,18-21H2/b7-6-/t29-/m0/s1. The molecule has 0 saturated carbocycles. The SMILES string of the molecule is O=C1c2c(OCc3ccccc3)c(=O)ccn2N2CN1C/C=C\COc1cccc3c1[C@@H]2c1ccccc1SC3. The summed E-state index contributed by atoms with van der Waals surface area (Å²) in [5.74, 6) is 1.44. The molecule has 0 unspecified atom stereocenters. The van der Waals surface area contributed by atoms with Crippen LogP contribution in [0.3, 0.4) is 0 Å². The molecule has 1 aromatic heterocycles. The number of hydrogen-bond donors (Lipinski definition) is 0. The Morgan fingerprint density at radius 3 is 2.67 bits per heavy atom. The number of fused-ring (bicyclic) bond motifs is 7. The lowest BCUT2D eigenvalue weighted by molar-refractivity contribution is 0.0698. The van der Waals surface area contributed by atoms with Gasteiger partial charge in [-0.15, -0.1) is 11.8 Å². The van der Waals surface area contributed by atoms with Crippen LogP contribution in [0, 0.1) is 0 Å². The quantitative estimate of drug-likeness (QED) is 0.331. The van der Waals surface area contributed by atoms with Gasteiger partial charge in [0.15, 0.2) is 11.4 Å². The summed E-state index contributed by atoms with van der Waals surface area (Å²) >= 11 is 1.80. The molecule has 0 aliphatic carbocycles. The Balaban J connectivity index is 1.45. The second-order valence-electron chi connectivity index (χ2n) is 9.93. The smallest absolute Gasteiger partial charge is 0.278 e. The maximum absolute atomic E-state index is 14.0. The molecule has 2 bridgehead atoms. The lowest BCUT2D eigenvalue weighted by Crippen LogP contribution is -2.55. The second kappa shape index (κ2) is 10.3. The molecule has 7 nitrogen and oxygen atoms in total. The van der Waals surface area contributed by atoms with E-state index in [0.717, 1.165) is 28.2 Å². The van der Waals surface area contributed by atoms with Gasteiger partial charge in [-0.05, 0) is 34.9 Å². The van der Waals surface area contributed by atoms with Gasteiger partial charge in [0.2, 0.25) is 5.43 Å². The van der Waals surface area contributed by atoms with Gasteiger partial charge in [0.1, 0.15) is 31.7 Å². The molecular weight excluding hydrogens is 522 g/mol. The van der Waals surface area contributed by atoms with Gasteiger partial charge in [-0.25, -0.2) is 0 Å².